The lowest BCUT2D eigenvalue weighted by Gasteiger charge is -2.26. The van der Waals surface area contributed by atoms with Gasteiger partial charge in [-0.25, -0.2) is 17.2 Å². The number of thiocarbonyl (C=S) groups is 1. The highest BCUT2D eigenvalue weighted by molar-refractivity contribution is 7.89. The van der Waals surface area contributed by atoms with Crippen molar-refractivity contribution in [3.05, 3.63) is 48.0 Å². The van der Waals surface area contributed by atoms with Crippen molar-refractivity contribution in [1.29, 1.82) is 0 Å². The minimum absolute atomic E-state index is 0.00663. The Hall–Kier alpha value is -2.30. The van der Waals surface area contributed by atoms with E-state index in [4.69, 9.17) is 17.0 Å². The van der Waals surface area contributed by atoms with Gasteiger partial charge in [0.25, 0.3) is 0 Å². The molecule has 0 radical (unpaired) electrons. The molecule has 29 heavy (non-hydrogen) atoms. The Bertz CT molecular complexity index is 1010. The zero-order valence-electron chi connectivity index (χ0n) is 15.7. The molecule has 0 saturated carbocycles. The van der Waals surface area contributed by atoms with Crippen LogP contribution in [0.4, 0.5) is 20.2 Å². The summed E-state index contributed by atoms with van der Waals surface area (Å²) in [6, 6.07) is 7.50. The molecule has 156 valence electrons. The zero-order chi connectivity index (χ0) is 21.0. The van der Waals surface area contributed by atoms with Crippen molar-refractivity contribution < 1.29 is 21.9 Å². The number of piperidine rings is 1. The van der Waals surface area contributed by atoms with E-state index in [2.05, 4.69) is 10.6 Å². The number of benzene rings is 2. The fourth-order valence-electron chi connectivity index (χ4n) is 3.06. The van der Waals surface area contributed by atoms with E-state index < -0.39 is 21.7 Å². The number of anilines is 2. The fourth-order valence-corrected chi connectivity index (χ4v) is 4.81. The molecular formula is C19H21F2N3O3S2. The van der Waals surface area contributed by atoms with Gasteiger partial charge in [0.1, 0.15) is 17.4 Å². The van der Waals surface area contributed by atoms with E-state index in [1.807, 2.05) is 0 Å². The summed E-state index contributed by atoms with van der Waals surface area (Å²) in [6.07, 6.45) is 2.71. The van der Waals surface area contributed by atoms with Gasteiger partial charge in [0.2, 0.25) is 10.0 Å². The van der Waals surface area contributed by atoms with Crippen LogP contribution in [0.5, 0.6) is 5.75 Å². The summed E-state index contributed by atoms with van der Waals surface area (Å²) in [7, 11) is -2.20. The molecule has 1 fully saturated rings. The molecule has 2 aromatic carbocycles. The van der Waals surface area contributed by atoms with Crippen molar-refractivity contribution in [3.8, 4) is 5.75 Å². The minimum atomic E-state index is -3.61. The summed E-state index contributed by atoms with van der Waals surface area (Å²) in [5, 5.41) is 5.51. The van der Waals surface area contributed by atoms with Crippen LogP contribution in [0.3, 0.4) is 0 Å². The molecule has 2 aromatic rings. The Balaban J connectivity index is 1.77. The third-order valence-corrected chi connectivity index (χ3v) is 6.65. The van der Waals surface area contributed by atoms with Gasteiger partial charge in [0.15, 0.2) is 5.11 Å². The first-order valence-electron chi connectivity index (χ1n) is 9.02. The SMILES string of the molecule is COc1cc(S(=O)(=O)N2CCCCC2)ccc1NC(=S)Nc1ccc(F)cc1F. The Morgan fingerprint density at radius 3 is 2.34 bits per heavy atom. The third-order valence-electron chi connectivity index (χ3n) is 4.55. The van der Waals surface area contributed by atoms with Gasteiger partial charge in [-0.3, -0.25) is 0 Å². The predicted molar refractivity (Wildman–Crippen MR) is 112 cm³/mol. The molecule has 1 aliphatic heterocycles. The van der Waals surface area contributed by atoms with Crippen LogP contribution >= 0.6 is 12.2 Å². The molecule has 1 saturated heterocycles. The van der Waals surface area contributed by atoms with Gasteiger partial charge in [-0.2, -0.15) is 4.31 Å². The zero-order valence-corrected chi connectivity index (χ0v) is 17.4. The highest BCUT2D eigenvalue weighted by Crippen LogP contribution is 2.30. The average molecular weight is 442 g/mol. The molecule has 0 amide bonds. The second-order valence-corrected chi connectivity index (χ2v) is 8.88. The number of ether oxygens (including phenoxy) is 1. The minimum Gasteiger partial charge on any atom is -0.495 e. The van der Waals surface area contributed by atoms with E-state index in [1.54, 1.807) is 0 Å². The first kappa shape index (κ1) is 21.4. The molecule has 6 nitrogen and oxygen atoms in total. The summed E-state index contributed by atoms with van der Waals surface area (Å²) < 4.78 is 59.2. The van der Waals surface area contributed by atoms with E-state index in [-0.39, 0.29) is 21.4 Å². The van der Waals surface area contributed by atoms with Gasteiger partial charge in [-0.15, -0.1) is 0 Å². The van der Waals surface area contributed by atoms with E-state index in [0.29, 0.717) is 18.8 Å². The molecule has 0 bridgehead atoms. The maximum Gasteiger partial charge on any atom is 0.243 e. The van der Waals surface area contributed by atoms with E-state index in [0.717, 1.165) is 31.4 Å². The highest BCUT2D eigenvalue weighted by Gasteiger charge is 2.26. The number of nitrogens with zero attached hydrogens (tertiary/aromatic N) is 1. The molecule has 0 aromatic heterocycles. The second-order valence-electron chi connectivity index (χ2n) is 6.53. The first-order chi connectivity index (χ1) is 13.8. The summed E-state index contributed by atoms with van der Waals surface area (Å²) in [5.41, 5.74) is 0.414. The van der Waals surface area contributed by atoms with Crippen molar-refractivity contribution in [2.75, 3.05) is 30.8 Å². The number of nitrogens with one attached hydrogen (secondary N) is 2. The van der Waals surface area contributed by atoms with Gasteiger partial charge in [-0.05, 0) is 49.3 Å². The molecule has 0 unspecified atom stereocenters. The lowest BCUT2D eigenvalue weighted by atomic mass is 10.2. The Labute approximate surface area is 173 Å². The predicted octanol–water partition coefficient (Wildman–Crippen LogP) is 3.96. The van der Waals surface area contributed by atoms with Crippen LogP contribution in [0.25, 0.3) is 0 Å². The van der Waals surface area contributed by atoms with Crippen LogP contribution in [-0.4, -0.2) is 38.0 Å². The summed E-state index contributed by atoms with van der Waals surface area (Å²) >= 11 is 5.16. The average Bonchev–Trinajstić information content (AvgIpc) is 2.71. The number of hydrogen-bond acceptors (Lipinski definition) is 4. The molecule has 2 N–H and O–H groups in total. The first-order valence-corrected chi connectivity index (χ1v) is 10.9. The van der Waals surface area contributed by atoms with E-state index in [9.17, 15) is 17.2 Å². The van der Waals surface area contributed by atoms with Crippen molar-refractivity contribution in [1.82, 2.24) is 4.31 Å². The quantitative estimate of drug-likeness (QED) is 0.685. The molecule has 1 heterocycles. The van der Waals surface area contributed by atoms with E-state index in [1.165, 1.54) is 35.7 Å². The van der Waals surface area contributed by atoms with Gasteiger partial charge in [-0.1, -0.05) is 6.42 Å². The molecule has 1 aliphatic rings. The van der Waals surface area contributed by atoms with Gasteiger partial charge in [0, 0.05) is 25.2 Å². The highest BCUT2D eigenvalue weighted by atomic mass is 32.2. The topological polar surface area (TPSA) is 70.7 Å². The monoisotopic (exact) mass is 441 g/mol. The van der Waals surface area contributed by atoms with Crippen LogP contribution in [0.2, 0.25) is 0 Å². The Morgan fingerprint density at radius 1 is 1.03 bits per heavy atom. The fraction of sp³-hybridized carbons (Fsp3) is 0.316. The Kier molecular flexibility index (Phi) is 6.66. The number of methoxy groups -OCH3 is 1. The maximum atomic E-state index is 13.8. The number of halogens is 2. The molecule has 0 atom stereocenters. The normalized spacial score (nSPS) is 15.0. The lowest BCUT2D eigenvalue weighted by molar-refractivity contribution is 0.346. The van der Waals surface area contributed by atoms with Crippen molar-refractivity contribution in [2.45, 2.75) is 24.2 Å². The lowest BCUT2D eigenvalue weighted by Crippen LogP contribution is -2.35. The van der Waals surface area contributed by atoms with Crippen LogP contribution in [-0.2, 0) is 10.0 Å². The second kappa shape index (κ2) is 9.02. The van der Waals surface area contributed by atoms with Gasteiger partial charge >= 0.3 is 0 Å². The Morgan fingerprint density at radius 2 is 1.69 bits per heavy atom. The van der Waals surface area contributed by atoms with Gasteiger partial charge in [0.05, 0.1) is 23.4 Å². The number of rotatable bonds is 5. The maximum absolute atomic E-state index is 13.8. The standard InChI is InChI=1S/C19H21F2N3O3S2/c1-27-18-12-14(29(25,26)24-9-3-2-4-10-24)6-8-17(18)23-19(28)22-16-7-5-13(20)11-15(16)21/h5-8,11-12H,2-4,9-10H2,1H3,(H2,22,23,28). The molecule has 0 spiro atoms. The van der Waals surface area contributed by atoms with Crippen LogP contribution in [0.15, 0.2) is 41.3 Å². The summed E-state index contributed by atoms with van der Waals surface area (Å²) in [6.45, 7) is 1.00. The molecular weight excluding hydrogens is 420 g/mol. The number of hydrogen-bond donors (Lipinski definition) is 2. The van der Waals surface area contributed by atoms with Crippen molar-refractivity contribution in [2.24, 2.45) is 0 Å². The largest absolute Gasteiger partial charge is 0.495 e. The summed E-state index contributed by atoms with van der Waals surface area (Å²) in [5.74, 6) is -1.21. The van der Waals surface area contributed by atoms with Crippen LogP contribution in [0.1, 0.15) is 19.3 Å². The number of sulfonamides is 1. The van der Waals surface area contributed by atoms with Crippen molar-refractivity contribution >= 4 is 38.7 Å². The van der Waals surface area contributed by atoms with Crippen LogP contribution in [0, 0.1) is 11.6 Å². The molecule has 0 aliphatic carbocycles. The van der Waals surface area contributed by atoms with Crippen LogP contribution < -0.4 is 15.4 Å². The molecule has 10 heteroatoms. The third kappa shape index (κ3) is 5.01. The van der Waals surface area contributed by atoms with E-state index >= 15 is 0 Å². The van der Waals surface area contributed by atoms with Crippen molar-refractivity contribution in [3.63, 3.8) is 0 Å². The smallest absolute Gasteiger partial charge is 0.243 e. The molecule has 3 rings (SSSR count). The summed E-state index contributed by atoms with van der Waals surface area (Å²) in [4.78, 5) is 0.130. The van der Waals surface area contributed by atoms with Gasteiger partial charge < -0.3 is 15.4 Å².